The first-order chi connectivity index (χ1) is 7.31. The van der Waals surface area contributed by atoms with Gasteiger partial charge in [-0.25, -0.2) is 4.98 Å². The van der Waals surface area contributed by atoms with Crippen molar-refractivity contribution in [2.45, 2.75) is 32.2 Å². The van der Waals surface area contributed by atoms with Gasteiger partial charge >= 0.3 is 0 Å². The molecule has 1 saturated heterocycles. The fourth-order valence-electron chi connectivity index (χ4n) is 2.01. The summed E-state index contributed by atoms with van der Waals surface area (Å²) in [5, 5.41) is 0. The summed E-state index contributed by atoms with van der Waals surface area (Å²) in [7, 11) is 0. The first-order valence-corrected chi connectivity index (χ1v) is 5.46. The molecule has 1 unspecified atom stereocenters. The van der Waals surface area contributed by atoms with Crippen LogP contribution >= 0.6 is 0 Å². The Balaban J connectivity index is 2.20. The molecule has 2 rings (SSSR count). The average molecular weight is 204 g/mol. The summed E-state index contributed by atoms with van der Waals surface area (Å²) in [5.74, 6) is 0.928. The van der Waals surface area contributed by atoms with Gasteiger partial charge in [-0.2, -0.15) is 0 Å². The van der Waals surface area contributed by atoms with Crippen LogP contribution in [0.15, 0.2) is 18.3 Å². The van der Waals surface area contributed by atoms with E-state index in [0.29, 0.717) is 0 Å². The summed E-state index contributed by atoms with van der Waals surface area (Å²) in [6, 6.07) is 4.06. The fraction of sp³-hybridized carbons (Fsp3) is 0.500. The van der Waals surface area contributed by atoms with E-state index >= 15 is 0 Å². The molecule has 80 valence electrons. The quantitative estimate of drug-likeness (QED) is 0.690. The van der Waals surface area contributed by atoms with Crippen molar-refractivity contribution in [3.63, 3.8) is 0 Å². The molecule has 3 heteroatoms. The molecule has 0 aliphatic carbocycles. The fourth-order valence-corrected chi connectivity index (χ4v) is 2.01. The maximum Gasteiger partial charge on any atom is 0.142 e. The van der Waals surface area contributed by atoms with E-state index in [0.717, 1.165) is 43.5 Å². The minimum atomic E-state index is 0.0222. The third-order valence-electron chi connectivity index (χ3n) is 2.90. The molecule has 3 nitrogen and oxygen atoms in total. The van der Waals surface area contributed by atoms with Gasteiger partial charge in [0.05, 0.1) is 6.04 Å². The third kappa shape index (κ3) is 2.17. The van der Waals surface area contributed by atoms with Crippen molar-refractivity contribution in [2.24, 2.45) is 0 Å². The van der Waals surface area contributed by atoms with E-state index < -0.39 is 0 Å². The Labute approximate surface area is 90.1 Å². The number of piperidine rings is 1. The molecule has 0 bridgehead atoms. The molecule has 0 saturated carbocycles. The lowest BCUT2D eigenvalue weighted by Crippen LogP contribution is -2.41. The maximum absolute atomic E-state index is 10.9. The number of carbonyl (C=O) groups excluding carboxylic acids is 1. The standard InChI is InChI=1S/C12H16N2O/c1-10-5-6-12(13-8-10)14-7-3-2-4-11(14)9-15/h5-6,8-9,11H,2-4,7H2,1H3. The number of aryl methyl sites for hydroxylation is 1. The third-order valence-corrected chi connectivity index (χ3v) is 2.90. The smallest absolute Gasteiger partial charge is 0.142 e. The Morgan fingerprint density at radius 1 is 1.47 bits per heavy atom. The highest BCUT2D eigenvalue weighted by molar-refractivity contribution is 5.65. The van der Waals surface area contributed by atoms with Gasteiger partial charge in [0.15, 0.2) is 0 Å². The number of aldehydes is 1. The van der Waals surface area contributed by atoms with Gasteiger partial charge in [-0.15, -0.1) is 0 Å². The Kier molecular flexibility index (Phi) is 2.99. The largest absolute Gasteiger partial charge is 0.347 e. The Hall–Kier alpha value is -1.38. The van der Waals surface area contributed by atoms with Gasteiger partial charge in [0.1, 0.15) is 12.1 Å². The van der Waals surface area contributed by atoms with Gasteiger partial charge in [-0.05, 0) is 37.8 Å². The molecule has 0 N–H and O–H groups in total. The molecule has 0 amide bonds. The lowest BCUT2D eigenvalue weighted by molar-refractivity contribution is -0.109. The minimum absolute atomic E-state index is 0.0222. The highest BCUT2D eigenvalue weighted by atomic mass is 16.1. The first-order valence-electron chi connectivity index (χ1n) is 5.46. The molecule has 0 radical (unpaired) electrons. The van der Waals surface area contributed by atoms with E-state index in [4.69, 9.17) is 0 Å². The molecule has 15 heavy (non-hydrogen) atoms. The van der Waals surface area contributed by atoms with Crippen LogP contribution in [0.2, 0.25) is 0 Å². The van der Waals surface area contributed by atoms with Crippen LogP contribution in [0.5, 0.6) is 0 Å². The number of hydrogen-bond acceptors (Lipinski definition) is 3. The summed E-state index contributed by atoms with van der Waals surface area (Å²) < 4.78 is 0. The van der Waals surface area contributed by atoms with E-state index in [1.165, 1.54) is 0 Å². The van der Waals surface area contributed by atoms with Crippen molar-refractivity contribution in [1.29, 1.82) is 0 Å². The molecular weight excluding hydrogens is 188 g/mol. The molecule has 1 aliphatic rings. The minimum Gasteiger partial charge on any atom is -0.347 e. The predicted octanol–water partition coefficient (Wildman–Crippen LogP) is 1.95. The Morgan fingerprint density at radius 3 is 3.00 bits per heavy atom. The van der Waals surface area contributed by atoms with Crippen LogP contribution in [0.4, 0.5) is 5.82 Å². The number of rotatable bonds is 2. The van der Waals surface area contributed by atoms with Crippen LogP contribution in [-0.4, -0.2) is 23.9 Å². The Morgan fingerprint density at radius 2 is 2.33 bits per heavy atom. The molecule has 1 aromatic heterocycles. The van der Waals surface area contributed by atoms with E-state index in [-0.39, 0.29) is 6.04 Å². The van der Waals surface area contributed by atoms with E-state index in [2.05, 4.69) is 9.88 Å². The van der Waals surface area contributed by atoms with Gasteiger partial charge in [-0.1, -0.05) is 6.07 Å². The number of aromatic nitrogens is 1. The van der Waals surface area contributed by atoms with Gasteiger partial charge in [0, 0.05) is 12.7 Å². The van der Waals surface area contributed by atoms with E-state index in [9.17, 15) is 4.79 Å². The normalized spacial score (nSPS) is 21.4. The SMILES string of the molecule is Cc1ccc(N2CCCCC2C=O)nc1. The molecule has 1 aliphatic heterocycles. The number of carbonyl (C=O) groups is 1. The van der Waals surface area contributed by atoms with Crippen LogP contribution in [0.3, 0.4) is 0 Å². The summed E-state index contributed by atoms with van der Waals surface area (Å²) in [6.45, 7) is 2.96. The first kappa shape index (κ1) is 10.1. The summed E-state index contributed by atoms with van der Waals surface area (Å²) in [5.41, 5.74) is 1.15. The molecule has 1 fully saturated rings. The predicted molar refractivity (Wildman–Crippen MR) is 60.0 cm³/mol. The van der Waals surface area contributed by atoms with Crippen molar-refractivity contribution in [2.75, 3.05) is 11.4 Å². The molecular formula is C12H16N2O. The van der Waals surface area contributed by atoms with E-state index in [1.807, 2.05) is 25.3 Å². The van der Waals surface area contributed by atoms with Crippen molar-refractivity contribution in [3.8, 4) is 0 Å². The molecule has 1 aromatic rings. The van der Waals surface area contributed by atoms with Crippen molar-refractivity contribution in [3.05, 3.63) is 23.9 Å². The van der Waals surface area contributed by atoms with Crippen LogP contribution in [0.25, 0.3) is 0 Å². The summed E-state index contributed by atoms with van der Waals surface area (Å²) in [6.07, 6.45) is 6.15. The maximum atomic E-state index is 10.9. The van der Waals surface area contributed by atoms with Crippen LogP contribution < -0.4 is 4.90 Å². The van der Waals surface area contributed by atoms with Crippen molar-refractivity contribution in [1.82, 2.24) is 4.98 Å². The van der Waals surface area contributed by atoms with Gasteiger partial charge in [0.25, 0.3) is 0 Å². The zero-order valence-corrected chi connectivity index (χ0v) is 9.02. The van der Waals surface area contributed by atoms with Gasteiger partial charge in [0.2, 0.25) is 0 Å². The molecule has 2 heterocycles. The zero-order valence-electron chi connectivity index (χ0n) is 9.02. The molecule has 0 spiro atoms. The molecule has 0 aromatic carbocycles. The monoisotopic (exact) mass is 204 g/mol. The van der Waals surface area contributed by atoms with Crippen LogP contribution in [0.1, 0.15) is 24.8 Å². The zero-order chi connectivity index (χ0) is 10.7. The van der Waals surface area contributed by atoms with E-state index in [1.54, 1.807) is 0 Å². The number of nitrogens with zero attached hydrogens (tertiary/aromatic N) is 2. The lowest BCUT2D eigenvalue weighted by Gasteiger charge is -2.33. The second-order valence-electron chi connectivity index (χ2n) is 4.09. The highest BCUT2D eigenvalue weighted by Crippen LogP contribution is 2.21. The van der Waals surface area contributed by atoms with Crippen molar-refractivity contribution < 1.29 is 4.79 Å². The van der Waals surface area contributed by atoms with Gasteiger partial charge in [-0.3, -0.25) is 0 Å². The lowest BCUT2D eigenvalue weighted by atomic mass is 10.0. The number of anilines is 1. The summed E-state index contributed by atoms with van der Waals surface area (Å²) in [4.78, 5) is 17.4. The van der Waals surface area contributed by atoms with Crippen LogP contribution in [-0.2, 0) is 4.79 Å². The number of pyridine rings is 1. The second-order valence-corrected chi connectivity index (χ2v) is 4.09. The number of hydrogen-bond donors (Lipinski definition) is 0. The van der Waals surface area contributed by atoms with Crippen molar-refractivity contribution >= 4 is 12.1 Å². The second kappa shape index (κ2) is 4.43. The topological polar surface area (TPSA) is 33.2 Å². The molecule has 1 atom stereocenters. The van der Waals surface area contributed by atoms with Gasteiger partial charge < -0.3 is 9.69 Å². The Bertz CT molecular complexity index is 334. The average Bonchev–Trinajstić information content (AvgIpc) is 2.30. The van der Waals surface area contributed by atoms with Crippen LogP contribution in [0, 0.1) is 6.92 Å². The summed E-state index contributed by atoms with van der Waals surface area (Å²) >= 11 is 0. The highest BCUT2D eigenvalue weighted by Gasteiger charge is 2.22.